The van der Waals surface area contributed by atoms with E-state index in [1.54, 1.807) is 29.3 Å². The van der Waals surface area contributed by atoms with Gasteiger partial charge in [-0.1, -0.05) is 23.9 Å². The van der Waals surface area contributed by atoms with Gasteiger partial charge in [-0.3, -0.25) is 4.98 Å². The number of hydrogen-bond acceptors (Lipinski definition) is 6. The zero-order chi connectivity index (χ0) is 13.1. The molecular formula is C12H11N5S2. The molecule has 0 aliphatic heterocycles. The summed E-state index contributed by atoms with van der Waals surface area (Å²) in [5.74, 6) is 7.49. The van der Waals surface area contributed by atoms with Crippen molar-refractivity contribution in [2.45, 2.75) is 10.9 Å². The van der Waals surface area contributed by atoms with Crippen molar-refractivity contribution in [2.75, 3.05) is 5.84 Å². The van der Waals surface area contributed by atoms with E-state index < -0.39 is 0 Å². The summed E-state index contributed by atoms with van der Waals surface area (Å²) in [7, 11) is 0. The van der Waals surface area contributed by atoms with E-state index in [4.69, 9.17) is 5.84 Å². The first-order valence-corrected chi connectivity index (χ1v) is 7.47. The molecule has 96 valence electrons. The molecule has 0 aliphatic carbocycles. The van der Waals surface area contributed by atoms with Crippen molar-refractivity contribution in [1.82, 2.24) is 19.9 Å². The summed E-state index contributed by atoms with van der Waals surface area (Å²) < 4.78 is 1.53. The van der Waals surface area contributed by atoms with Crippen molar-refractivity contribution in [1.29, 1.82) is 0 Å². The molecule has 0 fully saturated rings. The van der Waals surface area contributed by atoms with Gasteiger partial charge >= 0.3 is 0 Å². The van der Waals surface area contributed by atoms with Crippen LogP contribution in [0.4, 0.5) is 0 Å². The summed E-state index contributed by atoms with van der Waals surface area (Å²) in [6, 6.07) is 7.89. The van der Waals surface area contributed by atoms with Crippen molar-refractivity contribution in [3.8, 4) is 10.7 Å². The van der Waals surface area contributed by atoms with Crippen LogP contribution in [0.3, 0.4) is 0 Å². The highest BCUT2D eigenvalue weighted by molar-refractivity contribution is 7.98. The number of nitrogens with zero attached hydrogens (tertiary/aromatic N) is 4. The Labute approximate surface area is 118 Å². The molecule has 0 radical (unpaired) electrons. The molecule has 3 rings (SSSR count). The number of hydrogen-bond donors (Lipinski definition) is 1. The third-order valence-corrected chi connectivity index (χ3v) is 4.38. The maximum absolute atomic E-state index is 6.02. The van der Waals surface area contributed by atoms with Gasteiger partial charge in [-0.15, -0.1) is 21.5 Å². The Hall–Kier alpha value is -1.86. The fourth-order valence-corrected chi connectivity index (χ4v) is 3.08. The van der Waals surface area contributed by atoms with Crippen molar-refractivity contribution in [2.24, 2.45) is 0 Å². The van der Waals surface area contributed by atoms with Gasteiger partial charge < -0.3 is 5.84 Å². The molecule has 19 heavy (non-hydrogen) atoms. The highest BCUT2D eigenvalue weighted by Crippen LogP contribution is 2.26. The third kappa shape index (κ3) is 2.61. The summed E-state index contributed by atoms with van der Waals surface area (Å²) >= 11 is 3.14. The Kier molecular flexibility index (Phi) is 3.47. The number of aromatic nitrogens is 4. The van der Waals surface area contributed by atoms with Crippen LogP contribution in [0, 0.1) is 0 Å². The van der Waals surface area contributed by atoms with Gasteiger partial charge in [0.25, 0.3) is 0 Å². The standard InChI is InChI=1S/C12H11N5S2/c13-17-11(10-4-2-6-18-10)15-16-12(17)19-8-9-3-1-5-14-7-9/h1-7H,8,13H2. The van der Waals surface area contributed by atoms with Crippen LogP contribution in [0.2, 0.25) is 0 Å². The van der Waals surface area contributed by atoms with Gasteiger partial charge in [0.2, 0.25) is 5.16 Å². The summed E-state index contributed by atoms with van der Waals surface area (Å²) in [4.78, 5) is 5.10. The number of thiophene rings is 1. The molecule has 5 nitrogen and oxygen atoms in total. The van der Waals surface area contributed by atoms with E-state index in [-0.39, 0.29) is 0 Å². The Morgan fingerprint density at radius 2 is 2.21 bits per heavy atom. The first-order valence-electron chi connectivity index (χ1n) is 5.60. The van der Waals surface area contributed by atoms with Gasteiger partial charge in [-0.25, -0.2) is 4.68 Å². The normalized spacial score (nSPS) is 10.7. The summed E-state index contributed by atoms with van der Waals surface area (Å²) in [6.07, 6.45) is 3.60. The van der Waals surface area contributed by atoms with Gasteiger partial charge in [-0.2, -0.15) is 0 Å². The maximum atomic E-state index is 6.02. The summed E-state index contributed by atoms with van der Waals surface area (Å²) in [5.41, 5.74) is 1.13. The molecule has 0 amide bonds. The molecule has 3 heterocycles. The van der Waals surface area contributed by atoms with Crippen LogP contribution in [0.5, 0.6) is 0 Å². The molecule has 3 aromatic heterocycles. The summed E-state index contributed by atoms with van der Waals surface area (Å²) in [6.45, 7) is 0. The molecule has 0 atom stereocenters. The van der Waals surface area contributed by atoms with Crippen LogP contribution in [-0.2, 0) is 5.75 Å². The van der Waals surface area contributed by atoms with Crippen LogP contribution in [-0.4, -0.2) is 19.9 Å². The zero-order valence-corrected chi connectivity index (χ0v) is 11.6. The SMILES string of the molecule is Nn1c(SCc2cccnc2)nnc1-c1cccs1. The minimum absolute atomic E-state index is 0.698. The highest BCUT2D eigenvalue weighted by Gasteiger charge is 2.12. The van der Waals surface area contributed by atoms with Crippen LogP contribution >= 0.6 is 23.1 Å². The van der Waals surface area contributed by atoms with Gasteiger partial charge in [0, 0.05) is 18.1 Å². The fourth-order valence-electron chi connectivity index (χ4n) is 1.58. The Bertz CT molecular complexity index is 648. The quantitative estimate of drug-likeness (QED) is 0.590. The highest BCUT2D eigenvalue weighted by atomic mass is 32.2. The smallest absolute Gasteiger partial charge is 0.210 e. The van der Waals surface area contributed by atoms with Crippen molar-refractivity contribution >= 4 is 23.1 Å². The molecular weight excluding hydrogens is 278 g/mol. The van der Waals surface area contributed by atoms with E-state index in [0.29, 0.717) is 11.0 Å². The second-order valence-electron chi connectivity index (χ2n) is 3.80. The van der Waals surface area contributed by atoms with Gasteiger partial charge in [0.05, 0.1) is 4.88 Å². The van der Waals surface area contributed by atoms with Gasteiger partial charge in [0.1, 0.15) is 0 Å². The predicted molar refractivity (Wildman–Crippen MR) is 77.3 cm³/mol. The first kappa shape index (κ1) is 12.2. The molecule has 0 saturated heterocycles. The van der Waals surface area contributed by atoms with Crippen LogP contribution in [0.15, 0.2) is 47.2 Å². The Morgan fingerprint density at radius 1 is 1.26 bits per heavy atom. The molecule has 7 heteroatoms. The monoisotopic (exact) mass is 289 g/mol. The lowest BCUT2D eigenvalue weighted by atomic mass is 10.3. The van der Waals surface area contributed by atoms with Crippen LogP contribution in [0.25, 0.3) is 10.7 Å². The molecule has 0 unspecified atom stereocenters. The second kappa shape index (κ2) is 5.41. The minimum Gasteiger partial charge on any atom is -0.335 e. The molecule has 0 aromatic carbocycles. The van der Waals surface area contributed by atoms with E-state index in [2.05, 4.69) is 15.2 Å². The lowest BCUT2D eigenvalue weighted by Crippen LogP contribution is -2.11. The fraction of sp³-hybridized carbons (Fsp3) is 0.0833. The number of nitrogen functional groups attached to an aromatic ring is 1. The second-order valence-corrected chi connectivity index (χ2v) is 5.69. The van der Waals surface area contributed by atoms with Gasteiger partial charge in [0.15, 0.2) is 5.82 Å². The maximum Gasteiger partial charge on any atom is 0.210 e. The lowest BCUT2D eigenvalue weighted by molar-refractivity contribution is 0.850. The average molecular weight is 289 g/mol. The van der Waals surface area contributed by atoms with E-state index in [9.17, 15) is 0 Å². The molecule has 3 aromatic rings. The van der Waals surface area contributed by atoms with Crippen LogP contribution in [0.1, 0.15) is 5.56 Å². The topological polar surface area (TPSA) is 69.6 Å². The molecule has 2 N–H and O–H groups in total. The van der Waals surface area contributed by atoms with Crippen LogP contribution < -0.4 is 5.84 Å². The molecule has 0 bridgehead atoms. The van der Waals surface area contributed by atoms with E-state index in [1.165, 1.54) is 4.68 Å². The number of nitrogens with two attached hydrogens (primary N) is 1. The lowest BCUT2D eigenvalue weighted by Gasteiger charge is -2.02. The van der Waals surface area contributed by atoms with E-state index in [0.717, 1.165) is 16.2 Å². The van der Waals surface area contributed by atoms with Crippen molar-refractivity contribution in [3.63, 3.8) is 0 Å². The number of thioether (sulfide) groups is 1. The molecule has 0 aliphatic rings. The van der Waals surface area contributed by atoms with Crippen molar-refractivity contribution < 1.29 is 0 Å². The first-order chi connectivity index (χ1) is 9.34. The summed E-state index contributed by atoms with van der Waals surface area (Å²) in [5, 5.41) is 11.0. The Morgan fingerprint density at radius 3 is 2.95 bits per heavy atom. The van der Waals surface area contributed by atoms with E-state index >= 15 is 0 Å². The average Bonchev–Trinajstić information content (AvgIpc) is 3.07. The number of pyridine rings is 1. The Balaban J connectivity index is 1.76. The number of rotatable bonds is 4. The third-order valence-electron chi connectivity index (χ3n) is 2.50. The largest absolute Gasteiger partial charge is 0.335 e. The van der Waals surface area contributed by atoms with Gasteiger partial charge in [-0.05, 0) is 23.1 Å². The minimum atomic E-state index is 0.698. The van der Waals surface area contributed by atoms with E-state index in [1.807, 2.05) is 35.8 Å². The molecule has 0 saturated carbocycles. The zero-order valence-electron chi connectivity index (χ0n) is 9.93. The predicted octanol–water partition coefficient (Wildman–Crippen LogP) is 2.41. The van der Waals surface area contributed by atoms with Crippen molar-refractivity contribution in [3.05, 3.63) is 47.6 Å². The molecule has 0 spiro atoms.